The maximum absolute atomic E-state index is 13.7. The van der Waals surface area contributed by atoms with Gasteiger partial charge in [-0.3, -0.25) is 14.5 Å². The molecule has 1 aliphatic carbocycles. The summed E-state index contributed by atoms with van der Waals surface area (Å²) in [5, 5.41) is 12.3. The fourth-order valence-electron chi connectivity index (χ4n) is 6.47. The number of hydrogen-bond donors (Lipinski definition) is 1. The Labute approximate surface area is 231 Å². The molecule has 216 valence electrons. The number of hydrogen-bond acceptors (Lipinski definition) is 6. The Balaban J connectivity index is 1.31. The van der Waals surface area contributed by atoms with Gasteiger partial charge in [0.1, 0.15) is 17.7 Å². The lowest BCUT2D eigenvalue weighted by Gasteiger charge is -2.39. The average Bonchev–Trinajstić information content (AvgIpc) is 3.18. The van der Waals surface area contributed by atoms with Crippen LogP contribution in [0.25, 0.3) is 0 Å². The number of nitriles is 1. The second-order valence-corrected chi connectivity index (χ2v) is 12.3. The third-order valence-electron chi connectivity index (χ3n) is 8.34. The van der Waals surface area contributed by atoms with Crippen LogP contribution in [0.15, 0.2) is 24.3 Å². The lowest BCUT2D eigenvalue weighted by atomic mass is 10.0. The smallest absolute Gasteiger partial charge is 0.416 e. The molecule has 1 aromatic rings. The lowest BCUT2D eigenvalue weighted by Crippen LogP contribution is -2.59. The molecule has 7 atom stereocenters. The largest absolute Gasteiger partial charge is 0.444 e. The molecule has 1 saturated carbocycles. The first-order valence-corrected chi connectivity index (χ1v) is 13.6. The van der Waals surface area contributed by atoms with Crippen molar-refractivity contribution in [2.45, 2.75) is 95.0 Å². The summed E-state index contributed by atoms with van der Waals surface area (Å²) < 4.78 is 45.2. The molecule has 5 unspecified atom stereocenters. The fraction of sp³-hybridized carbons (Fsp3) is 0.643. The zero-order valence-corrected chi connectivity index (χ0v) is 22.9. The molecule has 12 heteroatoms. The molecule has 4 aliphatic rings. The molecule has 2 bridgehead atoms. The maximum atomic E-state index is 13.7. The van der Waals surface area contributed by atoms with Crippen molar-refractivity contribution in [1.29, 1.82) is 5.26 Å². The second kappa shape index (κ2) is 9.94. The van der Waals surface area contributed by atoms with Crippen LogP contribution < -0.4 is 5.32 Å². The molecule has 0 aromatic heterocycles. The summed E-state index contributed by atoms with van der Waals surface area (Å²) in [5.41, 5.74) is -1.15. The summed E-state index contributed by atoms with van der Waals surface area (Å²) in [5.74, 6) is -0.291. The summed E-state index contributed by atoms with van der Waals surface area (Å²) in [4.78, 5) is 44.9. The number of halogens is 3. The third kappa shape index (κ3) is 5.36. The minimum atomic E-state index is -4.48. The highest BCUT2D eigenvalue weighted by Gasteiger charge is 2.56. The van der Waals surface area contributed by atoms with Gasteiger partial charge in [-0.25, -0.2) is 4.79 Å². The highest BCUT2D eigenvalue weighted by Crippen LogP contribution is 2.48. The summed E-state index contributed by atoms with van der Waals surface area (Å²) in [6.07, 6.45) is -3.32. The highest BCUT2D eigenvalue weighted by atomic mass is 19.4. The first-order valence-electron chi connectivity index (χ1n) is 13.6. The van der Waals surface area contributed by atoms with Crippen LogP contribution in [0.1, 0.15) is 64.1 Å². The quantitative estimate of drug-likeness (QED) is 0.571. The molecule has 40 heavy (non-hydrogen) atoms. The molecule has 0 radical (unpaired) electrons. The minimum absolute atomic E-state index is 0.0134. The third-order valence-corrected chi connectivity index (χ3v) is 8.34. The predicted molar refractivity (Wildman–Crippen MR) is 136 cm³/mol. The molecule has 1 N–H and O–H groups in total. The van der Waals surface area contributed by atoms with E-state index < -0.39 is 47.6 Å². The van der Waals surface area contributed by atoms with E-state index in [1.54, 1.807) is 43.6 Å². The van der Waals surface area contributed by atoms with Crippen LogP contribution in [-0.4, -0.2) is 81.5 Å². The number of amides is 3. The number of nitrogens with zero attached hydrogens (tertiary/aromatic N) is 4. The Morgan fingerprint density at radius 2 is 1.93 bits per heavy atom. The van der Waals surface area contributed by atoms with Gasteiger partial charge in [0.15, 0.2) is 0 Å². The molecular formula is C28H34F3N5O4. The number of likely N-dealkylation sites (tertiary alicyclic amines) is 3. The van der Waals surface area contributed by atoms with Gasteiger partial charge in [0.05, 0.1) is 23.7 Å². The first-order chi connectivity index (χ1) is 18.7. The number of alkyl carbamates (subject to hydrolysis) is 1. The first kappa shape index (κ1) is 28.2. The van der Waals surface area contributed by atoms with E-state index in [2.05, 4.69) is 11.4 Å². The Hall–Kier alpha value is -3.33. The normalized spacial score (nSPS) is 29.1. The number of nitrogens with one attached hydrogen (secondary N) is 1. The molecule has 3 aliphatic heterocycles. The number of alkyl halides is 3. The molecule has 3 saturated heterocycles. The number of fused-ring (bicyclic) bond motifs is 3. The highest BCUT2D eigenvalue weighted by molar-refractivity contribution is 5.89. The van der Waals surface area contributed by atoms with Gasteiger partial charge in [0.25, 0.3) is 0 Å². The topological polar surface area (TPSA) is 106 Å². The van der Waals surface area contributed by atoms with Gasteiger partial charge in [-0.2, -0.15) is 18.4 Å². The van der Waals surface area contributed by atoms with Crippen LogP contribution in [0.3, 0.4) is 0 Å². The zero-order chi connectivity index (χ0) is 29.1. The molecule has 4 fully saturated rings. The Kier molecular flexibility index (Phi) is 7.01. The number of piperidine rings is 1. The molecule has 1 aromatic carbocycles. The van der Waals surface area contributed by atoms with Gasteiger partial charge < -0.3 is 19.9 Å². The van der Waals surface area contributed by atoms with E-state index in [4.69, 9.17) is 4.74 Å². The van der Waals surface area contributed by atoms with E-state index in [0.717, 1.165) is 18.6 Å². The zero-order valence-electron chi connectivity index (χ0n) is 22.9. The standard InChI is InChI=1S/C28H34F3N5O4/c1-15(16-6-5-7-18(8-16)28(29,30)31)35-20-11-23(25(35)38)34(13-20)14-21(33-26(39)40-27(2,3)4)24(37)36-19(12-32)9-17-10-22(17)36/h5-8,15,17,19-23H,9-11,13-14H2,1-4H3,(H,33,39)/t15?,17-,19?,20?,21?,22+,23?/m1/s1. The number of piperazine rings is 1. The SMILES string of the molecule is CC(c1cccc(C(F)(F)F)c1)N1C(=O)C2CC1CN2CC(NC(=O)OC(C)(C)C)C(=O)N1C(C#N)C[C@@H]2C[C@@H]21. The maximum Gasteiger partial charge on any atom is 0.416 e. The van der Waals surface area contributed by atoms with Crippen molar-refractivity contribution in [3.8, 4) is 6.07 Å². The van der Waals surface area contributed by atoms with E-state index in [-0.39, 0.29) is 30.4 Å². The number of rotatable bonds is 6. The van der Waals surface area contributed by atoms with Gasteiger partial charge in [0.2, 0.25) is 11.8 Å². The molecule has 5 rings (SSSR count). The van der Waals surface area contributed by atoms with Crippen LogP contribution in [0.5, 0.6) is 0 Å². The van der Waals surface area contributed by atoms with Crippen LogP contribution in [0, 0.1) is 17.2 Å². The van der Waals surface area contributed by atoms with Crippen LogP contribution in [-0.2, 0) is 20.5 Å². The predicted octanol–water partition coefficient (Wildman–Crippen LogP) is 3.46. The van der Waals surface area contributed by atoms with E-state index >= 15 is 0 Å². The van der Waals surface area contributed by atoms with E-state index in [1.807, 2.05) is 4.90 Å². The van der Waals surface area contributed by atoms with E-state index in [0.29, 0.717) is 30.9 Å². The van der Waals surface area contributed by atoms with Gasteiger partial charge in [-0.05, 0) is 70.6 Å². The average molecular weight is 562 g/mol. The molecule has 9 nitrogen and oxygen atoms in total. The van der Waals surface area contributed by atoms with Gasteiger partial charge >= 0.3 is 12.3 Å². The number of benzene rings is 1. The van der Waals surface area contributed by atoms with E-state index in [1.165, 1.54) is 6.07 Å². The molecular weight excluding hydrogens is 527 g/mol. The van der Waals surface area contributed by atoms with E-state index in [9.17, 15) is 32.8 Å². The fourth-order valence-corrected chi connectivity index (χ4v) is 6.47. The summed E-state index contributed by atoms with van der Waals surface area (Å²) in [6.45, 7) is 7.32. The summed E-state index contributed by atoms with van der Waals surface area (Å²) in [6, 6.07) is 4.25. The van der Waals surface area contributed by atoms with Gasteiger partial charge in [0, 0.05) is 25.2 Å². The summed E-state index contributed by atoms with van der Waals surface area (Å²) in [7, 11) is 0. The van der Waals surface area contributed by atoms with Crippen molar-refractivity contribution < 1.29 is 32.3 Å². The minimum Gasteiger partial charge on any atom is -0.444 e. The van der Waals surface area contributed by atoms with Crippen molar-refractivity contribution in [1.82, 2.24) is 20.0 Å². The lowest BCUT2D eigenvalue weighted by molar-refractivity contribution is -0.141. The number of ether oxygens (including phenoxy) is 1. The molecule has 0 spiro atoms. The van der Waals surface area contributed by atoms with Crippen molar-refractivity contribution >= 4 is 17.9 Å². The van der Waals surface area contributed by atoms with Crippen molar-refractivity contribution in [3.05, 3.63) is 35.4 Å². The van der Waals surface area contributed by atoms with Crippen LogP contribution >= 0.6 is 0 Å². The van der Waals surface area contributed by atoms with Gasteiger partial charge in [-0.15, -0.1) is 0 Å². The Morgan fingerprint density at radius 3 is 2.55 bits per heavy atom. The van der Waals surface area contributed by atoms with Crippen molar-refractivity contribution in [2.24, 2.45) is 5.92 Å². The number of carbonyl (C=O) groups excluding carboxylic acids is 3. The van der Waals surface area contributed by atoms with Crippen molar-refractivity contribution in [3.63, 3.8) is 0 Å². The Morgan fingerprint density at radius 1 is 1.20 bits per heavy atom. The Bertz CT molecular complexity index is 1240. The molecule has 3 amide bonds. The van der Waals surface area contributed by atoms with Crippen LogP contribution in [0.4, 0.5) is 18.0 Å². The summed E-state index contributed by atoms with van der Waals surface area (Å²) >= 11 is 0. The van der Waals surface area contributed by atoms with Gasteiger partial charge in [-0.1, -0.05) is 12.1 Å². The molecule has 3 heterocycles. The van der Waals surface area contributed by atoms with Crippen molar-refractivity contribution in [2.75, 3.05) is 13.1 Å². The van der Waals surface area contributed by atoms with Crippen LogP contribution in [0.2, 0.25) is 0 Å². The number of carbonyl (C=O) groups is 3. The monoisotopic (exact) mass is 561 g/mol. The second-order valence-electron chi connectivity index (χ2n) is 12.3.